The van der Waals surface area contributed by atoms with Gasteiger partial charge in [-0.2, -0.15) is 0 Å². The number of benzene rings is 1. The predicted octanol–water partition coefficient (Wildman–Crippen LogP) is 4.23. The number of hydrogen-bond acceptors (Lipinski definition) is 5. The van der Waals surface area contributed by atoms with E-state index < -0.39 is 0 Å². The van der Waals surface area contributed by atoms with E-state index in [0.29, 0.717) is 11.8 Å². The molecule has 0 unspecified atom stereocenters. The zero-order valence-electron chi connectivity index (χ0n) is 10.2. The van der Waals surface area contributed by atoms with Gasteiger partial charge in [-0.1, -0.05) is 36.4 Å². The molecule has 2 aromatic heterocycles. The molecule has 5 heteroatoms. The average molecular weight is 288 g/mol. The molecular formula is C14H12N2OS2. The van der Waals surface area contributed by atoms with Gasteiger partial charge in [0.05, 0.1) is 10.6 Å². The summed E-state index contributed by atoms with van der Waals surface area (Å²) in [7, 11) is 0. The van der Waals surface area contributed by atoms with E-state index in [1.807, 2.05) is 23.6 Å². The van der Waals surface area contributed by atoms with E-state index in [-0.39, 0.29) is 0 Å². The van der Waals surface area contributed by atoms with Gasteiger partial charge in [-0.3, -0.25) is 0 Å². The number of nitrogens with zero attached hydrogens (tertiary/aromatic N) is 2. The molecule has 0 radical (unpaired) electrons. The molecule has 0 aliphatic rings. The van der Waals surface area contributed by atoms with Crippen molar-refractivity contribution in [1.82, 2.24) is 10.2 Å². The van der Waals surface area contributed by atoms with Gasteiger partial charge >= 0.3 is 0 Å². The van der Waals surface area contributed by atoms with Gasteiger partial charge in [-0.15, -0.1) is 33.3 Å². The first-order valence-electron chi connectivity index (χ1n) is 5.90. The van der Waals surface area contributed by atoms with E-state index in [2.05, 4.69) is 34.5 Å². The number of aromatic nitrogens is 2. The molecule has 0 saturated heterocycles. The number of thioether (sulfide) groups is 1. The maximum atomic E-state index is 5.63. The van der Waals surface area contributed by atoms with Crippen molar-refractivity contribution in [2.24, 2.45) is 0 Å². The molecule has 0 bridgehead atoms. The smallest absolute Gasteiger partial charge is 0.257 e. The lowest BCUT2D eigenvalue weighted by Crippen LogP contribution is -1.83. The third-order valence-electron chi connectivity index (χ3n) is 2.54. The number of rotatable bonds is 5. The molecule has 3 rings (SSSR count). The van der Waals surface area contributed by atoms with Crippen LogP contribution < -0.4 is 0 Å². The molecule has 0 saturated carbocycles. The van der Waals surface area contributed by atoms with E-state index >= 15 is 0 Å². The maximum Gasteiger partial charge on any atom is 0.257 e. The quantitative estimate of drug-likeness (QED) is 0.704. The van der Waals surface area contributed by atoms with Crippen LogP contribution in [0.4, 0.5) is 0 Å². The van der Waals surface area contributed by atoms with E-state index in [0.717, 1.165) is 16.4 Å². The third kappa shape index (κ3) is 3.24. The van der Waals surface area contributed by atoms with Crippen LogP contribution in [-0.2, 0) is 11.5 Å². The summed E-state index contributed by atoms with van der Waals surface area (Å²) in [5, 5.41) is 10.1. The lowest BCUT2D eigenvalue weighted by molar-refractivity contribution is 0.529. The van der Waals surface area contributed by atoms with Crippen LogP contribution in [0, 0.1) is 0 Å². The first-order chi connectivity index (χ1) is 9.42. The fraction of sp³-hybridized carbons (Fsp3) is 0.143. The minimum atomic E-state index is 0.616. The summed E-state index contributed by atoms with van der Waals surface area (Å²) in [5.74, 6) is 3.00. The van der Waals surface area contributed by atoms with Gasteiger partial charge in [0.15, 0.2) is 0 Å². The largest absolute Gasteiger partial charge is 0.419 e. The summed E-state index contributed by atoms with van der Waals surface area (Å²) in [6.45, 7) is 0. The number of thiophene rings is 1. The lowest BCUT2D eigenvalue weighted by Gasteiger charge is -1.98. The van der Waals surface area contributed by atoms with Gasteiger partial charge in [0.2, 0.25) is 5.89 Å². The maximum absolute atomic E-state index is 5.63. The molecule has 0 amide bonds. The van der Waals surface area contributed by atoms with Crippen molar-refractivity contribution >= 4 is 23.1 Å². The highest BCUT2D eigenvalue weighted by Gasteiger charge is 2.09. The highest BCUT2D eigenvalue weighted by atomic mass is 32.2. The van der Waals surface area contributed by atoms with Crippen LogP contribution in [0.2, 0.25) is 0 Å². The second kappa shape index (κ2) is 6.04. The van der Waals surface area contributed by atoms with Gasteiger partial charge in [-0.05, 0) is 17.0 Å². The van der Waals surface area contributed by atoms with Crippen molar-refractivity contribution < 1.29 is 4.42 Å². The molecule has 1 aromatic carbocycles. The SMILES string of the molecule is c1ccc(CSCc2nnc(-c3cccs3)o2)cc1. The van der Waals surface area contributed by atoms with Gasteiger partial charge in [0, 0.05) is 5.75 Å². The van der Waals surface area contributed by atoms with Crippen LogP contribution in [0.5, 0.6) is 0 Å². The van der Waals surface area contributed by atoms with Gasteiger partial charge in [-0.25, -0.2) is 0 Å². The van der Waals surface area contributed by atoms with Crippen molar-refractivity contribution in [1.29, 1.82) is 0 Å². The summed E-state index contributed by atoms with van der Waals surface area (Å²) >= 11 is 3.38. The Morgan fingerprint density at radius 1 is 1.00 bits per heavy atom. The van der Waals surface area contributed by atoms with Crippen LogP contribution in [0.15, 0.2) is 52.3 Å². The standard InChI is InChI=1S/C14H12N2OS2/c1-2-5-11(6-3-1)9-18-10-13-15-16-14(17-13)12-7-4-8-19-12/h1-8H,9-10H2. The van der Waals surface area contributed by atoms with E-state index in [4.69, 9.17) is 4.42 Å². The third-order valence-corrected chi connectivity index (χ3v) is 4.38. The van der Waals surface area contributed by atoms with Gasteiger partial charge in [0.1, 0.15) is 0 Å². The van der Waals surface area contributed by atoms with Crippen molar-refractivity contribution in [3.63, 3.8) is 0 Å². The molecule has 3 nitrogen and oxygen atoms in total. The molecule has 3 aromatic rings. The summed E-state index contributed by atoms with van der Waals surface area (Å²) < 4.78 is 5.63. The molecular weight excluding hydrogens is 276 g/mol. The van der Waals surface area contributed by atoms with Crippen molar-refractivity contribution in [2.75, 3.05) is 0 Å². The monoisotopic (exact) mass is 288 g/mol. The fourth-order valence-corrected chi connectivity index (χ4v) is 3.11. The molecule has 0 atom stereocenters. The van der Waals surface area contributed by atoms with Crippen LogP contribution in [0.25, 0.3) is 10.8 Å². The van der Waals surface area contributed by atoms with Crippen LogP contribution in [-0.4, -0.2) is 10.2 Å². The average Bonchev–Trinajstić information content (AvgIpc) is 3.10. The van der Waals surface area contributed by atoms with Crippen LogP contribution in [0.1, 0.15) is 11.5 Å². The Kier molecular flexibility index (Phi) is 3.95. The zero-order valence-corrected chi connectivity index (χ0v) is 11.8. The summed E-state index contributed by atoms with van der Waals surface area (Å²) in [5.41, 5.74) is 1.31. The Hall–Kier alpha value is -1.59. The van der Waals surface area contributed by atoms with Crippen LogP contribution >= 0.6 is 23.1 Å². The second-order valence-electron chi connectivity index (χ2n) is 3.96. The fourth-order valence-electron chi connectivity index (χ4n) is 1.64. The molecule has 0 spiro atoms. The van der Waals surface area contributed by atoms with Crippen LogP contribution in [0.3, 0.4) is 0 Å². The molecule has 19 heavy (non-hydrogen) atoms. The molecule has 0 aliphatic heterocycles. The van der Waals surface area contributed by atoms with Crippen molar-refractivity contribution in [3.8, 4) is 10.8 Å². The minimum absolute atomic E-state index is 0.616. The molecule has 0 N–H and O–H groups in total. The highest BCUT2D eigenvalue weighted by molar-refractivity contribution is 7.97. The highest BCUT2D eigenvalue weighted by Crippen LogP contribution is 2.24. The predicted molar refractivity (Wildman–Crippen MR) is 79.1 cm³/mol. The molecule has 0 fully saturated rings. The Labute approximate surface area is 119 Å². The molecule has 0 aliphatic carbocycles. The minimum Gasteiger partial charge on any atom is -0.419 e. The first kappa shape index (κ1) is 12.4. The topological polar surface area (TPSA) is 38.9 Å². The Morgan fingerprint density at radius 2 is 1.89 bits per heavy atom. The molecule has 96 valence electrons. The zero-order chi connectivity index (χ0) is 12.9. The van der Waals surface area contributed by atoms with Gasteiger partial charge < -0.3 is 4.42 Å². The summed E-state index contributed by atoms with van der Waals surface area (Å²) in [4.78, 5) is 1.02. The Morgan fingerprint density at radius 3 is 2.68 bits per heavy atom. The van der Waals surface area contributed by atoms with Gasteiger partial charge in [0.25, 0.3) is 5.89 Å². The Bertz CT molecular complexity index is 620. The second-order valence-corrected chi connectivity index (χ2v) is 5.89. The lowest BCUT2D eigenvalue weighted by atomic mass is 10.2. The van der Waals surface area contributed by atoms with E-state index in [9.17, 15) is 0 Å². The first-order valence-corrected chi connectivity index (χ1v) is 7.93. The summed E-state index contributed by atoms with van der Waals surface area (Å²) in [6, 6.07) is 14.3. The molecule has 2 heterocycles. The van der Waals surface area contributed by atoms with Crippen molar-refractivity contribution in [3.05, 3.63) is 59.3 Å². The van der Waals surface area contributed by atoms with E-state index in [1.165, 1.54) is 5.56 Å². The summed E-state index contributed by atoms with van der Waals surface area (Å²) in [6.07, 6.45) is 0. The Balaban J connectivity index is 1.56. The van der Waals surface area contributed by atoms with Crippen molar-refractivity contribution in [2.45, 2.75) is 11.5 Å². The number of hydrogen-bond donors (Lipinski definition) is 0. The van der Waals surface area contributed by atoms with E-state index in [1.54, 1.807) is 23.1 Å². The normalized spacial score (nSPS) is 10.7.